The van der Waals surface area contributed by atoms with Crippen molar-refractivity contribution in [2.75, 3.05) is 6.54 Å². The second-order valence-corrected chi connectivity index (χ2v) is 2.96. The van der Waals surface area contributed by atoms with Gasteiger partial charge in [-0.3, -0.25) is 0 Å². The zero-order chi connectivity index (χ0) is 10.3. The number of allylic oxidation sites excluding steroid dienone is 4. The van der Waals surface area contributed by atoms with E-state index in [9.17, 15) is 0 Å². The number of hydrogen-bond acceptors (Lipinski definition) is 1. The van der Waals surface area contributed by atoms with Crippen molar-refractivity contribution in [1.82, 2.24) is 5.32 Å². The Hall–Kier alpha value is -1.24. The standard InChI is InChI=1S/C12H19N/c1-6-8-10(3)11(4)12(5)13-9-7-2/h6-8,13H,2,5,9H2,1,3-4H3/b8-6-,11-10+. The third-order valence-corrected chi connectivity index (χ3v) is 1.92. The SMILES string of the molecule is C=CCNC(=C)/C(C)=C(C)/C=C\C. The molecule has 0 rings (SSSR count). The summed E-state index contributed by atoms with van der Waals surface area (Å²) in [5.41, 5.74) is 3.40. The second-order valence-electron chi connectivity index (χ2n) is 2.96. The highest BCUT2D eigenvalue weighted by atomic mass is 14.9. The predicted octanol–water partition coefficient (Wildman–Crippen LogP) is 3.19. The molecule has 0 aromatic heterocycles. The molecule has 72 valence electrons. The Labute approximate surface area is 81.5 Å². The molecule has 0 aromatic carbocycles. The molecule has 0 amide bonds. The predicted molar refractivity (Wildman–Crippen MR) is 60.5 cm³/mol. The zero-order valence-electron chi connectivity index (χ0n) is 8.85. The maximum absolute atomic E-state index is 3.94. The molecule has 0 aliphatic heterocycles. The van der Waals surface area contributed by atoms with Gasteiger partial charge in [-0.25, -0.2) is 0 Å². The van der Waals surface area contributed by atoms with Gasteiger partial charge in [-0.15, -0.1) is 6.58 Å². The van der Waals surface area contributed by atoms with E-state index in [0.717, 1.165) is 12.2 Å². The maximum Gasteiger partial charge on any atom is 0.0328 e. The van der Waals surface area contributed by atoms with Crippen LogP contribution in [-0.4, -0.2) is 6.54 Å². The summed E-state index contributed by atoms with van der Waals surface area (Å²) < 4.78 is 0. The molecular weight excluding hydrogens is 158 g/mol. The Bertz CT molecular complexity index is 244. The first-order chi connectivity index (χ1) is 6.13. The van der Waals surface area contributed by atoms with Gasteiger partial charge >= 0.3 is 0 Å². The maximum atomic E-state index is 3.94. The second kappa shape index (κ2) is 6.30. The molecule has 13 heavy (non-hydrogen) atoms. The Balaban J connectivity index is 4.38. The largest absolute Gasteiger partial charge is 0.382 e. The van der Waals surface area contributed by atoms with Crippen molar-refractivity contribution in [3.8, 4) is 0 Å². The third-order valence-electron chi connectivity index (χ3n) is 1.92. The van der Waals surface area contributed by atoms with Crippen molar-refractivity contribution in [2.24, 2.45) is 0 Å². The Kier molecular flexibility index (Phi) is 5.69. The van der Waals surface area contributed by atoms with E-state index in [0.29, 0.717) is 0 Å². The number of rotatable bonds is 5. The molecule has 0 aromatic rings. The van der Waals surface area contributed by atoms with Crippen LogP contribution in [-0.2, 0) is 0 Å². The van der Waals surface area contributed by atoms with Crippen LogP contribution in [0.5, 0.6) is 0 Å². The van der Waals surface area contributed by atoms with Crippen LogP contribution in [0.3, 0.4) is 0 Å². The molecule has 0 radical (unpaired) electrons. The van der Waals surface area contributed by atoms with Crippen molar-refractivity contribution in [3.05, 3.63) is 48.2 Å². The van der Waals surface area contributed by atoms with Crippen LogP contribution in [0.2, 0.25) is 0 Å². The van der Waals surface area contributed by atoms with Crippen molar-refractivity contribution >= 4 is 0 Å². The van der Waals surface area contributed by atoms with E-state index >= 15 is 0 Å². The van der Waals surface area contributed by atoms with E-state index in [1.54, 1.807) is 0 Å². The van der Waals surface area contributed by atoms with Gasteiger partial charge in [0.2, 0.25) is 0 Å². The third kappa shape index (κ3) is 4.36. The molecular formula is C12H19N. The summed E-state index contributed by atoms with van der Waals surface area (Å²) in [6.07, 6.45) is 5.93. The summed E-state index contributed by atoms with van der Waals surface area (Å²) in [6, 6.07) is 0. The van der Waals surface area contributed by atoms with Crippen molar-refractivity contribution in [3.63, 3.8) is 0 Å². The lowest BCUT2D eigenvalue weighted by molar-refractivity contribution is 0.915. The van der Waals surface area contributed by atoms with Crippen LogP contribution in [0, 0.1) is 0 Å². The van der Waals surface area contributed by atoms with Gasteiger partial charge in [0.15, 0.2) is 0 Å². The minimum atomic E-state index is 0.763. The summed E-state index contributed by atoms with van der Waals surface area (Å²) in [5.74, 6) is 0. The molecule has 0 spiro atoms. The van der Waals surface area contributed by atoms with Gasteiger partial charge in [0.1, 0.15) is 0 Å². The summed E-state index contributed by atoms with van der Waals surface area (Å²) in [5, 5.41) is 3.17. The van der Waals surface area contributed by atoms with Crippen LogP contribution in [0.25, 0.3) is 0 Å². The fourth-order valence-electron chi connectivity index (χ4n) is 0.941. The quantitative estimate of drug-likeness (QED) is 0.502. The minimum absolute atomic E-state index is 0.763. The van der Waals surface area contributed by atoms with Crippen LogP contribution in [0.15, 0.2) is 48.2 Å². The topological polar surface area (TPSA) is 12.0 Å². The molecule has 0 atom stereocenters. The summed E-state index contributed by atoms with van der Waals surface area (Å²) in [7, 11) is 0. The van der Waals surface area contributed by atoms with Crippen LogP contribution in [0.1, 0.15) is 20.8 Å². The van der Waals surface area contributed by atoms with Crippen molar-refractivity contribution in [2.45, 2.75) is 20.8 Å². The normalized spacial score (nSPS) is 12.5. The molecule has 0 aliphatic carbocycles. The summed E-state index contributed by atoms with van der Waals surface area (Å²) >= 11 is 0. The molecule has 0 saturated heterocycles. The first-order valence-corrected chi connectivity index (χ1v) is 4.47. The smallest absolute Gasteiger partial charge is 0.0328 e. The number of hydrogen-bond donors (Lipinski definition) is 1. The zero-order valence-corrected chi connectivity index (χ0v) is 8.85. The van der Waals surface area contributed by atoms with Gasteiger partial charge in [-0.2, -0.15) is 0 Å². The molecule has 1 nitrogen and oxygen atoms in total. The molecule has 0 saturated carbocycles. The van der Waals surface area contributed by atoms with E-state index in [-0.39, 0.29) is 0 Å². The van der Waals surface area contributed by atoms with Crippen molar-refractivity contribution < 1.29 is 0 Å². The lowest BCUT2D eigenvalue weighted by Crippen LogP contribution is -2.13. The van der Waals surface area contributed by atoms with Crippen LogP contribution in [0.4, 0.5) is 0 Å². The summed E-state index contributed by atoms with van der Waals surface area (Å²) in [4.78, 5) is 0. The highest BCUT2D eigenvalue weighted by Gasteiger charge is 1.97. The average Bonchev–Trinajstić information content (AvgIpc) is 2.13. The minimum Gasteiger partial charge on any atom is -0.382 e. The first-order valence-electron chi connectivity index (χ1n) is 4.47. The molecule has 0 heterocycles. The van der Waals surface area contributed by atoms with Gasteiger partial charge in [0, 0.05) is 12.2 Å². The fraction of sp³-hybridized carbons (Fsp3) is 0.333. The highest BCUT2D eigenvalue weighted by molar-refractivity contribution is 5.34. The average molecular weight is 177 g/mol. The monoisotopic (exact) mass is 177 g/mol. The molecule has 0 fully saturated rings. The van der Waals surface area contributed by atoms with E-state index in [4.69, 9.17) is 0 Å². The molecule has 0 aliphatic rings. The van der Waals surface area contributed by atoms with Gasteiger partial charge in [-0.1, -0.05) is 24.8 Å². The van der Waals surface area contributed by atoms with Gasteiger partial charge in [-0.05, 0) is 31.9 Å². The van der Waals surface area contributed by atoms with E-state index < -0.39 is 0 Å². The van der Waals surface area contributed by atoms with Crippen LogP contribution < -0.4 is 5.32 Å². The lowest BCUT2D eigenvalue weighted by atomic mass is 10.1. The molecule has 1 heteroatoms. The van der Waals surface area contributed by atoms with Crippen LogP contribution >= 0.6 is 0 Å². The van der Waals surface area contributed by atoms with E-state index in [2.05, 4.69) is 38.4 Å². The fourth-order valence-corrected chi connectivity index (χ4v) is 0.941. The van der Waals surface area contributed by atoms with E-state index in [1.165, 1.54) is 11.1 Å². The Morgan fingerprint density at radius 3 is 2.46 bits per heavy atom. The Morgan fingerprint density at radius 2 is 2.00 bits per heavy atom. The molecule has 1 N–H and O–H groups in total. The number of nitrogens with one attached hydrogen (secondary N) is 1. The first kappa shape index (κ1) is 11.8. The molecule has 0 bridgehead atoms. The van der Waals surface area contributed by atoms with E-state index in [1.807, 2.05) is 19.1 Å². The van der Waals surface area contributed by atoms with Gasteiger partial charge < -0.3 is 5.32 Å². The summed E-state index contributed by atoms with van der Waals surface area (Å²) in [6.45, 7) is 14.5. The van der Waals surface area contributed by atoms with Gasteiger partial charge in [0.05, 0.1) is 0 Å². The molecule has 0 unspecified atom stereocenters. The van der Waals surface area contributed by atoms with Gasteiger partial charge in [0.25, 0.3) is 0 Å². The lowest BCUT2D eigenvalue weighted by Gasteiger charge is -2.09. The Morgan fingerprint density at radius 1 is 1.38 bits per heavy atom. The van der Waals surface area contributed by atoms with Crippen molar-refractivity contribution in [1.29, 1.82) is 0 Å². The highest BCUT2D eigenvalue weighted by Crippen LogP contribution is 2.10.